The molecular weight excluding hydrogens is 283 g/mol. The van der Waals surface area contributed by atoms with E-state index in [1.165, 1.54) is 12.1 Å². The van der Waals surface area contributed by atoms with Crippen LogP contribution in [0.15, 0.2) is 36.8 Å². The van der Waals surface area contributed by atoms with Gasteiger partial charge in [0.05, 0.1) is 29.8 Å². The Morgan fingerprint density at radius 2 is 2.27 bits per heavy atom. The summed E-state index contributed by atoms with van der Waals surface area (Å²) < 4.78 is 15.2. The molecule has 0 saturated carbocycles. The number of carbonyl (C=O) groups is 1. The molecular formula is C16H15FN4O. The van der Waals surface area contributed by atoms with Crippen LogP contribution in [0.2, 0.25) is 0 Å². The first-order chi connectivity index (χ1) is 10.7. The molecule has 1 N–H and O–H groups in total. The van der Waals surface area contributed by atoms with Crippen LogP contribution in [0.5, 0.6) is 0 Å². The SMILES string of the molecule is O=C(Cn1ccc2ccc(F)cc21)N1CCc2nc[nH]c2C1. The number of nitrogens with zero attached hydrogens (tertiary/aromatic N) is 3. The molecule has 1 amide bonds. The van der Waals surface area contributed by atoms with E-state index < -0.39 is 0 Å². The van der Waals surface area contributed by atoms with Crippen LogP contribution in [0.3, 0.4) is 0 Å². The molecule has 3 heterocycles. The lowest BCUT2D eigenvalue weighted by Gasteiger charge is -2.26. The first kappa shape index (κ1) is 13.1. The average Bonchev–Trinajstić information content (AvgIpc) is 3.13. The Balaban J connectivity index is 1.55. The molecule has 0 aliphatic carbocycles. The van der Waals surface area contributed by atoms with E-state index in [1.807, 2.05) is 17.2 Å². The Hall–Kier alpha value is -2.63. The Labute approximate surface area is 126 Å². The van der Waals surface area contributed by atoms with Crippen LogP contribution in [-0.2, 0) is 24.3 Å². The van der Waals surface area contributed by atoms with Crippen molar-refractivity contribution in [3.8, 4) is 0 Å². The normalized spacial score (nSPS) is 14.3. The molecule has 0 unspecified atom stereocenters. The topological polar surface area (TPSA) is 53.9 Å². The number of aromatic amines is 1. The second-order valence-electron chi connectivity index (χ2n) is 5.54. The van der Waals surface area contributed by atoms with E-state index in [-0.39, 0.29) is 18.3 Å². The van der Waals surface area contributed by atoms with Gasteiger partial charge >= 0.3 is 0 Å². The molecule has 1 aromatic carbocycles. The van der Waals surface area contributed by atoms with Crippen molar-refractivity contribution >= 4 is 16.8 Å². The number of aromatic nitrogens is 3. The number of nitrogens with one attached hydrogen (secondary N) is 1. The van der Waals surface area contributed by atoms with Crippen molar-refractivity contribution in [1.82, 2.24) is 19.4 Å². The van der Waals surface area contributed by atoms with Gasteiger partial charge in [-0.3, -0.25) is 4.79 Å². The number of fused-ring (bicyclic) bond motifs is 2. The summed E-state index contributed by atoms with van der Waals surface area (Å²) in [4.78, 5) is 21.6. The summed E-state index contributed by atoms with van der Waals surface area (Å²) in [5, 5.41) is 0.934. The summed E-state index contributed by atoms with van der Waals surface area (Å²) in [5.74, 6) is -0.262. The molecule has 0 fully saturated rings. The van der Waals surface area contributed by atoms with Crippen molar-refractivity contribution in [1.29, 1.82) is 0 Å². The van der Waals surface area contributed by atoms with Gasteiger partial charge in [-0.05, 0) is 29.7 Å². The minimum absolute atomic E-state index is 0.0296. The lowest BCUT2D eigenvalue weighted by atomic mass is 10.1. The van der Waals surface area contributed by atoms with Crippen LogP contribution in [0, 0.1) is 5.82 Å². The largest absolute Gasteiger partial charge is 0.347 e. The maximum Gasteiger partial charge on any atom is 0.242 e. The molecule has 0 atom stereocenters. The second kappa shape index (κ2) is 4.98. The summed E-state index contributed by atoms with van der Waals surface area (Å²) in [5.41, 5.74) is 2.79. The molecule has 3 aromatic rings. The highest BCUT2D eigenvalue weighted by molar-refractivity contribution is 5.83. The van der Waals surface area contributed by atoms with Gasteiger partial charge in [0.25, 0.3) is 0 Å². The maximum absolute atomic E-state index is 13.4. The molecule has 0 saturated heterocycles. The standard InChI is InChI=1S/C16H15FN4O/c17-12-2-1-11-3-5-20(15(11)7-12)9-16(22)21-6-4-13-14(8-21)19-10-18-13/h1-3,5,7,10H,4,6,8-9H2,(H,18,19). The van der Waals surface area contributed by atoms with E-state index in [9.17, 15) is 9.18 Å². The van der Waals surface area contributed by atoms with Gasteiger partial charge in [0.15, 0.2) is 0 Å². The lowest BCUT2D eigenvalue weighted by molar-refractivity contribution is -0.132. The summed E-state index contributed by atoms with van der Waals surface area (Å²) in [6.07, 6.45) is 4.26. The van der Waals surface area contributed by atoms with Crippen molar-refractivity contribution in [2.75, 3.05) is 6.54 Å². The van der Waals surface area contributed by atoms with Crippen molar-refractivity contribution in [2.45, 2.75) is 19.5 Å². The highest BCUT2D eigenvalue weighted by Crippen LogP contribution is 2.19. The fourth-order valence-electron chi connectivity index (χ4n) is 2.97. The van der Waals surface area contributed by atoms with E-state index in [0.29, 0.717) is 13.1 Å². The Morgan fingerprint density at radius 3 is 3.18 bits per heavy atom. The van der Waals surface area contributed by atoms with Crippen LogP contribution < -0.4 is 0 Å². The third-order valence-electron chi connectivity index (χ3n) is 4.17. The predicted molar refractivity (Wildman–Crippen MR) is 79.6 cm³/mol. The summed E-state index contributed by atoms with van der Waals surface area (Å²) >= 11 is 0. The molecule has 2 aromatic heterocycles. The zero-order valence-electron chi connectivity index (χ0n) is 11.9. The van der Waals surface area contributed by atoms with Crippen molar-refractivity contribution in [2.24, 2.45) is 0 Å². The maximum atomic E-state index is 13.4. The Bertz CT molecular complexity index is 851. The van der Waals surface area contributed by atoms with Crippen LogP contribution in [-0.4, -0.2) is 31.9 Å². The minimum atomic E-state index is -0.292. The number of carbonyl (C=O) groups excluding carboxylic acids is 1. The number of imidazole rings is 1. The highest BCUT2D eigenvalue weighted by atomic mass is 19.1. The van der Waals surface area contributed by atoms with Crippen molar-refractivity contribution in [3.05, 3.63) is 54.0 Å². The molecule has 4 rings (SSSR count). The Kier molecular flexibility index (Phi) is 2.96. The van der Waals surface area contributed by atoms with E-state index in [0.717, 1.165) is 28.7 Å². The van der Waals surface area contributed by atoms with Gasteiger partial charge in [0, 0.05) is 19.2 Å². The second-order valence-corrected chi connectivity index (χ2v) is 5.54. The van der Waals surface area contributed by atoms with Crippen LogP contribution in [0.25, 0.3) is 10.9 Å². The molecule has 1 aliphatic heterocycles. The number of rotatable bonds is 2. The number of amides is 1. The van der Waals surface area contributed by atoms with Gasteiger partial charge in [-0.2, -0.15) is 0 Å². The van der Waals surface area contributed by atoms with Crippen molar-refractivity contribution < 1.29 is 9.18 Å². The fraction of sp³-hybridized carbons (Fsp3) is 0.250. The summed E-state index contributed by atoms with van der Waals surface area (Å²) in [7, 11) is 0. The van der Waals surface area contributed by atoms with Crippen LogP contribution >= 0.6 is 0 Å². The van der Waals surface area contributed by atoms with Gasteiger partial charge in [0.2, 0.25) is 5.91 Å². The van der Waals surface area contributed by atoms with Crippen LogP contribution in [0.1, 0.15) is 11.4 Å². The molecule has 5 nitrogen and oxygen atoms in total. The molecule has 0 radical (unpaired) electrons. The molecule has 1 aliphatic rings. The number of hydrogen-bond acceptors (Lipinski definition) is 2. The smallest absolute Gasteiger partial charge is 0.242 e. The van der Waals surface area contributed by atoms with Gasteiger partial charge in [-0.25, -0.2) is 9.37 Å². The third-order valence-corrected chi connectivity index (χ3v) is 4.17. The minimum Gasteiger partial charge on any atom is -0.347 e. The van der Waals surface area contributed by atoms with Gasteiger partial charge in [-0.15, -0.1) is 0 Å². The first-order valence-corrected chi connectivity index (χ1v) is 7.24. The third kappa shape index (κ3) is 2.16. The Morgan fingerprint density at radius 1 is 1.36 bits per heavy atom. The molecule has 22 heavy (non-hydrogen) atoms. The molecule has 6 heteroatoms. The van der Waals surface area contributed by atoms with Crippen molar-refractivity contribution in [3.63, 3.8) is 0 Å². The monoisotopic (exact) mass is 298 g/mol. The van der Waals surface area contributed by atoms with Gasteiger partial charge < -0.3 is 14.5 Å². The van der Waals surface area contributed by atoms with Crippen LogP contribution in [0.4, 0.5) is 4.39 Å². The molecule has 0 spiro atoms. The quantitative estimate of drug-likeness (QED) is 0.787. The number of H-pyrrole nitrogens is 1. The number of hydrogen-bond donors (Lipinski definition) is 1. The molecule has 112 valence electrons. The number of benzene rings is 1. The summed E-state index contributed by atoms with van der Waals surface area (Å²) in [6.45, 7) is 1.45. The number of halogens is 1. The van der Waals surface area contributed by atoms with E-state index >= 15 is 0 Å². The lowest BCUT2D eigenvalue weighted by Crippen LogP contribution is -2.38. The predicted octanol–water partition coefficient (Wildman–Crippen LogP) is 2.09. The fourth-order valence-corrected chi connectivity index (χ4v) is 2.97. The van der Waals surface area contributed by atoms with E-state index in [1.54, 1.807) is 17.0 Å². The first-order valence-electron chi connectivity index (χ1n) is 7.24. The van der Waals surface area contributed by atoms with E-state index in [2.05, 4.69) is 9.97 Å². The molecule has 0 bridgehead atoms. The highest BCUT2D eigenvalue weighted by Gasteiger charge is 2.22. The summed E-state index contributed by atoms with van der Waals surface area (Å²) in [6, 6.07) is 6.51. The zero-order valence-corrected chi connectivity index (χ0v) is 11.9. The van der Waals surface area contributed by atoms with E-state index in [4.69, 9.17) is 0 Å². The van der Waals surface area contributed by atoms with Gasteiger partial charge in [-0.1, -0.05) is 0 Å². The van der Waals surface area contributed by atoms with Gasteiger partial charge in [0.1, 0.15) is 12.4 Å². The average molecular weight is 298 g/mol. The zero-order chi connectivity index (χ0) is 15.1.